The number of aromatic nitrogens is 1. The van der Waals surface area contributed by atoms with Gasteiger partial charge in [-0.3, -0.25) is 0 Å². The van der Waals surface area contributed by atoms with Crippen molar-refractivity contribution in [1.29, 1.82) is 0 Å². The molecule has 0 spiro atoms. The Hall–Kier alpha value is -0.710. The van der Waals surface area contributed by atoms with E-state index in [9.17, 15) is 0 Å². The molecule has 0 aliphatic carbocycles. The summed E-state index contributed by atoms with van der Waals surface area (Å²) in [7, 11) is 0. The molecule has 3 nitrogen and oxygen atoms in total. The Morgan fingerprint density at radius 3 is 2.67 bits per heavy atom. The summed E-state index contributed by atoms with van der Waals surface area (Å²) in [6.07, 6.45) is 3.99. The van der Waals surface area contributed by atoms with Gasteiger partial charge in [0.15, 0.2) is 0 Å². The molecule has 82 valence electrons. The molecule has 1 saturated heterocycles. The van der Waals surface area contributed by atoms with Crippen LogP contribution in [0.1, 0.15) is 29.4 Å². The van der Waals surface area contributed by atoms with Gasteiger partial charge in [0.05, 0.1) is 23.8 Å². The molecule has 0 bridgehead atoms. The summed E-state index contributed by atoms with van der Waals surface area (Å²) >= 11 is 1.63. The van der Waals surface area contributed by atoms with Crippen LogP contribution >= 0.6 is 11.3 Å². The lowest BCUT2D eigenvalue weighted by Crippen LogP contribution is -2.21. The van der Waals surface area contributed by atoms with E-state index in [0.29, 0.717) is 13.2 Å². The van der Waals surface area contributed by atoms with E-state index in [4.69, 9.17) is 9.47 Å². The van der Waals surface area contributed by atoms with Crippen molar-refractivity contribution < 1.29 is 9.47 Å². The molecule has 0 N–H and O–H groups in total. The number of thiazole rings is 1. The quantitative estimate of drug-likeness (QED) is 0.775. The highest BCUT2D eigenvalue weighted by Crippen LogP contribution is 2.37. The van der Waals surface area contributed by atoms with Crippen LogP contribution in [0.15, 0.2) is 6.08 Å². The molecule has 15 heavy (non-hydrogen) atoms. The second-order valence-corrected chi connectivity index (χ2v) is 4.64. The fourth-order valence-electron chi connectivity index (χ4n) is 1.70. The minimum Gasteiger partial charge on any atom is -0.343 e. The Labute approximate surface area is 93.7 Å². The minimum absolute atomic E-state index is 0.582. The van der Waals surface area contributed by atoms with Crippen LogP contribution in [0.4, 0.5) is 0 Å². The van der Waals surface area contributed by atoms with Crippen molar-refractivity contribution in [3.05, 3.63) is 21.7 Å². The standard InChI is InChI=1S/C11H15NO2S/c1-4-5-9-12-8(2)10(15-9)11(3)13-6-7-14-11/h4-5H,6-7H2,1-3H3/b5-4+. The maximum Gasteiger partial charge on any atom is 0.203 e. The first-order valence-electron chi connectivity index (χ1n) is 5.04. The second kappa shape index (κ2) is 4.04. The Morgan fingerprint density at radius 1 is 1.40 bits per heavy atom. The fraction of sp³-hybridized carbons (Fsp3) is 0.545. The molecule has 1 aromatic rings. The minimum atomic E-state index is -0.582. The van der Waals surface area contributed by atoms with Crippen molar-refractivity contribution in [3.63, 3.8) is 0 Å². The number of hydrogen-bond acceptors (Lipinski definition) is 4. The van der Waals surface area contributed by atoms with Crippen LogP contribution in [0.25, 0.3) is 6.08 Å². The van der Waals surface area contributed by atoms with Crippen LogP contribution in [0.3, 0.4) is 0 Å². The number of aryl methyl sites for hydroxylation is 1. The molecule has 0 unspecified atom stereocenters. The third kappa shape index (κ3) is 1.97. The van der Waals surface area contributed by atoms with E-state index in [1.54, 1.807) is 11.3 Å². The van der Waals surface area contributed by atoms with Gasteiger partial charge in [0.1, 0.15) is 5.01 Å². The zero-order valence-electron chi connectivity index (χ0n) is 9.24. The van der Waals surface area contributed by atoms with Crippen LogP contribution in [-0.2, 0) is 15.3 Å². The van der Waals surface area contributed by atoms with Gasteiger partial charge in [0.2, 0.25) is 5.79 Å². The van der Waals surface area contributed by atoms with Gasteiger partial charge in [-0.1, -0.05) is 6.08 Å². The fourth-order valence-corrected chi connectivity index (χ4v) is 2.79. The molecule has 2 heterocycles. The van der Waals surface area contributed by atoms with Crippen LogP contribution in [0, 0.1) is 6.92 Å². The summed E-state index contributed by atoms with van der Waals surface area (Å²) in [5.74, 6) is -0.582. The topological polar surface area (TPSA) is 31.4 Å². The largest absolute Gasteiger partial charge is 0.343 e. The molecule has 0 atom stereocenters. The maximum atomic E-state index is 5.62. The first kappa shape index (κ1) is 10.8. The van der Waals surface area contributed by atoms with E-state index in [2.05, 4.69) is 4.98 Å². The van der Waals surface area contributed by atoms with Crippen molar-refractivity contribution in [2.45, 2.75) is 26.6 Å². The summed E-state index contributed by atoms with van der Waals surface area (Å²) in [6, 6.07) is 0. The van der Waals surface area contributed by atoms with E-state index < -0.39 is 5.79 Å². The smallest absolute Gasteiger partial charge is 0.203 e. The van der Waals surface area contributed by atoms with E-state index >= 15 is 0 Å². The highest BCUT2D eigenvalue weighted by atomic mass is 32.1. The maximum absolute atomic E-state index is 5.62. The number of hydrogen-bond donors (Lipinski definition) is 0. The average Bonchev–Trinajstić information content (AvgIpc) is 2.75. The second-order valence-electron chi connectivity index (χ2n) is 3.61. The van der Waals surface area contributed by atoms with Gasteiger partial charge in [-0.05, 0) is 26.8 Å². The van der Waals surface area contributed by atoms with E-state index in [1.165, 1.54) is 0 Å². The van der Waals surface area contributed by atoms with Gasteiger partial charge in [-0.25, -0.2) is 4.98 Å². The first-order chi connectivity index (χ1) is 7.15. The zero-order chi connectivity index (χ0) is 10.9. The summed E-state index contributed by atoms with van der Waals surface area (Å²) in [5.41, 5.74) is 0.998. The molecule has 0 aromatic carbocycles. The van der Waals surface area contributed by atoms with Gasteiger partial charge >= 0.3 is 0 Å². The third-order valence-corrected chi connectivity index (χ3v) is 3.68. The number of rotatable bonds is 2. The summed E-state index contributed by atoms with van der Waals surface area (Å²) in [5, 5.41) is 1.00. The number of allylic oxidation sites excluding steroid dienone is 1. The molecule has 0 radical (unpaired) electrons. The van der Waals surface area contributed by atoms with Gasteiger partial charge in [0, 0.05) is 0 Å². The Balaban J connectivity index is 2.35. The van der Waals surface area contributed by atoms with Gasteiger partial charge < -0.3 is 9.47 Å². The lowest BCUT2D eigenvalue weighted by atomic mass is 10.2. The van der Waals surface area contributed by atoms with Crippen molar-refractivity contribution >= 4 is 17.4 Å². The van der Waals surface area contributed by atoms with Crippen LogP contribution < -0.4 is 0 Å². The molecular formula is C11H15NO2S. The molecule has 1 aliphatic heterocycles. The molecule has 2 rings (SSSR count). The third-order valence-electron chi connectivity index (χ3n) is 2.37. The van der Waals surface area contributed by atoms with Crippen molar-refractivity contribution in [3.8, 4) is 0 Å². The Kier molecular flexibility index (Phi) is 2.91. The van der Waals surface area contributed by atoms with Gasteiger partial charge in [0.25, 0.3) is 0 Å². The van der Waals surface area contributed by atoms with Crippen LogP contribution in [0.5, 0.6) is 0 Å². The van der Waals surface area contributed by atoms with Gasteiger partial charge in [-0.2, -0.15) is 0 Å². The lowest BCUT2D eigenvalue weighted by molar-refractivity contribution is -0.147. The first-order valence-corrected chi connectivity index (χ1v) is 5.86. The SMILES string of the molecule is C/C=C/c1nc(C)c(C2(C)OCCO2)s1. The predicted molar refractivity (Wildman–Crippen MR) is 60.8 cm³/mol. The Bertz CT molecular complexity index is 378. The molecule has 1 aliphatic rings. The zero-order valence-corrected chi connectivity index (χ0v) is 10.1. The van der Waals surface area contributed by atoms with Crippen molar-refractivity contribution in [1.82, 2.24) is 4.98 Å². The molecular weight excluding hydrogens is 210 g/mol. The molecule has 0 saturated carbocycles. The lowest BCUT2D eigenvalue weighted by Gasteiger charge is -2.20. The number of nitrogens with zero attached hydrogens (tertiary/aromatic N) is 1. The summed E-state index contributed by atoms with van der Waals surface area (Å²) in [4.78, 5) is 5.54. The molecule has 0 amide bonds. The van der Waals surface area contributed by atoms with Crippen LogP contribution in [-0.4, -0.2) is 18.2 Å². The summed E-state index contributed by atoms with van der Waals surface area (Å²) in [6.45, 7) is 7.26. The Morgan fingerprint density at radius 2 is 2.07 bits per heavy atom. The van der Waals surface area contributed by atoms with Gasteiger partial charge in [-0.15, -0.1) is 11.3 Å². The highest BCUT2D eigenvalue weighted by Gasteiger charge is 2.36. The van der Waals surface area contributed by atoms with Crippen molar-refractivity contribution in [2.24, 2.45) is 0 Å². The van der Waals surface area contributed by atoms with E-state index in [1.807, 2.05) is 32.9 Å². The predicted octanol–water partition coefficient (Wildman–Crippen LogP) is 2.70. The molecule has 1 aromatic heterocycles. The summed E-state index contributed by atoms with van der Waals surface area (Å²) < 4.78 is 11.2. The molecule has 4 heteroatoms. The molecule has 1 fully saturated rings. The van der Waals surface area contributed by atoms with E-state index in [0.717, 1.165) is 15.6 Å². The highest BCUT2D eigenvalue weighted by molar-refractivity contribution is 7.12. The number of ether oxygens (including phenoxy) is 2. The monoisotopic (exact) mass is 225 g/mol. The van der Waals surface area contributed by atoms with Crippen LogP contribution in [0.2, 0.25) is 0 Å². The normalized spacial score (nSPS) is 20.2. The van der Waals surface area contributed by atoms with Crippen molar-refractivity contribution in [2.75, 3.05) is 13.2 Å². The van der Waals surface area contributed by atoms with E-state index in [-0.39, 0.29) is 0 Å². The average molecular weight is 225 g/mol.